The van der Waals surface area contributed by atoms with Crippen LogP contribution in [0.1, 0.15) is 19.5 Å². The van der Waals surface area contributed by atoms with Gasteiger partial charge in [0.15, 0.2) is 0 Å². The number of nitrogens with one attached hydrogen (secondary N) is 2. The molecule has 94 valence electrons. The first kappa shape index (κ1) is 13.4. The molecular formula is C12H19N3O2. The molecule has 0 spiro atoms. The lowest BCUT2D eigenvalue weighted by Gasteiger charge is -2.13. The van der Waals surface area contributed by atoms with Crippen molar-refractivity contribution in [2.45, 2.75) is 26.4 Å². The molecule has 1 aromatic rings. The molecule has 1 heterocycles. The first-order valence-corrected chi connectivity index (χ1v) is 5.68. The zero-order valence-electron chi connectivity index (χ0n) is 10.5. The summed E-state index contributed by atoms with van der Waals surface area (Å²) in [6, 6.07) is 5.32. The largest absolute Gasteiger partial charge is 0.481 e. The summed E-state index contributed by atoms with van der Waals surface area (Å²) in [6.45, 7) is 4.90. The number of rotatable bonds is 6. The summed E-state index contributed by atoms with van der Waals surface area (Å²) < 4.78 is 5.03. The third-order valence-electron chi connectivity index (χ3n) is 2.32. The predicted octanol–water partition coefficient (Wildman–Crippen LogP) is 0.704. The van der Waals surface area contributed by atoms with Gasteiger partial charge >= 0.3 is 0 Å². The van der Waals surface area contributed by atoms with Crippen molar-refractivity contribution in [2.75, 3.05) is 13.7 Å². The van der Waals surface area contributed by atoms with Crippen LogP contribution in [0.2, 0.25) is 0 Å². The van der Waals surface area contributed by atoms with Gasteiger partial charge in [0, 0.05) is 19.2 Å². The van der Waals surface area contributed by atoms with Gasteiger partial charge in [0.1, 0.15) is 0 Å². The number of hydrogen-bond donors (Lipinski definition) is 2. The van der Waals surface area contributed by atoms with Crippen LogP contribution in [0.25, 0.3) is 0 Å². The molecule has 0 aliphatic rings. The summed E-state index contributed by atoms with van der Waals surface area (Å²) in [5, 5.41) is 5.86. The van der Waals surface area contributed by atoms with E-state index in [1.54, 1.807) is 13.2 Å². The first-order valence-electron chi connectivity index (χ1n) is 5.68. The number of carbonyl (C=O) groups excluding carboxylic acids is 1. The number of likely N-dealkylation sites (N-methyl/N-ethyl adjacent to an activating group) is 1. The van der Waals surface area contributed by atoms with Gasteiger partial charge in [0.2, 0.25) is 11.8 Å². The predicted molar refractivity (Wildman–Crippen MR) is 65.8 cm³/mol. The number of pyridine rings is 1. The third-order valence-corrected chi connectivity index (χ3v) is 2.32. The van der Waals surface area contributed by atoms with Crippen LogP contribution in [-0.4, -0.2) is 30.6 Å². The van der Waals surface area contributed by atoms with Gasteiger partial charge in [0.05, 0.1) is 18.8 Å². The second-order valence-corrected chi connectivity index (χ2v) is 3.67. The highest BCUT2D eigenvalue weighted by molar-refractivity contribution is 5.81. The highest BCUT2D eigenvalue weighted by Crippen LogP contribution is 2.06. The van der Waals surface area contributed by atoms with Crippen molar-refractivity contribution in [1.82, 2.24) is 15.6 Å². The van der Waals surface area contributed by atoms with Crippen molar-refractivity contribution in [3.8, 4) is 5.88 Å². The molecule has 0 fully saturated rings. The number of aromatic nitrogens is 1. The van der Waals surface area contributed by atoms with Gasteiger partial charge < -0.3 is 15.4 Å². The van der Waals surface area contributed by atoms with E-state index in [0.29, 0.717) is 19.0 Å². The second kappa shape index (κ2) is 6.85. The topological polar surface area (TPSA) is 63.2 Å². The normalized spacial score (nSPS) is 11.9. The van der Waals surface area contributed by atoms with Crippen molar-refractivity contribution >= 4 is 5.91 Å². The average molecular weight is 237 g/mol. The van der Waals surface area contributed by atoms with E-state index in [2.05, 4.69) is 15.6 Å². The molecule has 0 saturated heterocycles. The lowest BCUT2D eigenvalue weighted by Crippen LogP contribution is -2.41. The summed E-state index contributed by atoms with van der Waals surface area (Å²) in [5.41, 5.74) is 0.848. The molecule has 0 aliphatic heterocycles. The number of ether oxygens (including phenoxy) is 1. The third kappa shape index (κ3) is 4.40. The molecule has 0 bridgehead atoms. The maximum atomic E-state index is 11.5. The minimum Gasteiger partial charge on any atom is -0.481 e. The van der Waals surface area contributed by atoms with Gasteiger partial charge in [-0.2, -0.15) is 0 Å². The fourth-order valence-electron chi connectivity index (χ4n) is 1.35. The van der Waals surface area contributed by atoms with E-state index in [4.69, 9.17) is 4.74 Å². The van der Waals surface area contributed by atoms with Crippen LogP contribution >= 0.6 is 0 Å². The van der Waals surface area contributed by atoms with Crippen LogP contribution in [-0.2, 0) is 11.3 Å². The van der Waals surface area contributed by atoms with Gasteiger partial charge in [-0.3, -0.25) is 4.79 Å². The Bertz CT molecular complexity index is 369. The van der Waals surface area contributed by atoms with Crippen molar-refractivity contribution in [1.29, 1.82) is 0 Å². The molecule has 5 heteroatoms. The molecule has 0 aliphatic carbocycles. The Morgan fingerprint density at radius 3 is 2.94 bits per heavy atom. The van der Waals surface area contributed by atoms with Crippen molar-refractivity contribution < 1.29 is 9.53 Å². The number of methoxy groups -OCH3 is 1. The summed E-state index contributed by atoms with van der Waals surface area (Å²) in [5.74, 6) is 0.574. The maximum absolute atomic E-state index is 11.5. The van der Waals surface area contributed by atoms with Gasteiger partial charge in [-0.15, -0.1) is 0 Å². The quantitative estimate of drug-likeness (QED) is 0.764. The molecule has 1 aromatic heterocycles. The van der Waals surface area contributed by atoms with Crippen LogP contribution in [0.3, 0.4) is 0 Å². The Balaban J connectivity index is 2.46. The van der Waals surface area contributed by atoms with E-state index in [1.807, 2.05) is 26.0 Å². The lowest BCUT2D eigenvalue weighted by molar-refractivity contribution is -0.122. The minimum atomic E-state index is -0.233. The average Bonchev–Trinajstić information content (AvgIpc) is 2.36. The molecular weight excluding hydrogens is 218 g/mol. The Morgan fingerprint density at radius 1 is 1.53 bits per heavy atom. The molecule has 0 saturated carbocycles. The number of amides is 1. The fourth-order valence-corrected chi connectivity index (χ4v) is 1.35. The van der Waals surface area contributed by atoms with Crippen molar-refractivity contribution in [3.05, 3.63) is 23.9 Å². The second-order valence-electron chi connectivity index (χ2n) is 3.67. The lowest BCUT2D eigenvalue weighted by atomic mass is 10.3. The molecule has 0 radical (unpaired) electrons. The van der Waals surface area contributed by atoms with Gasteiger partial charge in [-0.1, -0.05) is 6.07 Å². The molecule has 17 heavy (non-hydrogen) atoms. The number of nitrogens with zero attached hydrogens (tertiary/aromatic N) is 1. The highest BCUT2D eigenvalue weighted by atomic mass is 16.5. The van der Waals surface area contributed by atoms with E-state index in [0.717, 1.165) is 5.69 Å². The summed E-state index contributed by atoms with van der Waals surface area (Å²) in [6.07, 6.45) is 0. The summed E-state index contributed by atoms with van der Waals surface area (Å²) in [4.78, 5) is 15.7. The van der Waals surface area contributed by atoms with Crippen LogP contribution in [0.5, 0.6) is 5.88 Å². The molecule has 1 atom stereocenters. The summed E-state index contributed by atoms with van der Waals surface area (Å²) in [7, 11) is 1.58. The van der Waals surface area contributed by atoms with Gasteiger partial charge in [-0.25, -0.2) is 4.98 Å². The highest BCUT2D eigenvalue weighted by Gasteiger charge is 2.10. The smallest absolute Gasteiger partial charge is 0.236 e. The van der Waals surface area contributed by atoms with Crippen LogP contribution < -0.4 is 15.4 Å². The van der Waals surface area contributed by atoms with E-state index in [1.165, 1.54) is 0 Å². The molecule has 2 N–H and O–H groups in total. The molecule has 1 amide bonds. The van der Waals surface area contributed by atoms with Crippen LogP contribution in [0.4, 0.5) is 0 Å². The fraction of sp³-hybridized carbons (Fsp3) is 0.500. The Hall–Kier alpha value is -1.62. The number of hydrogen-bond acceptors (Lipinski definition) is 4. The zero-order chi connectivity index (χ0) is 12.7. The standard InChI is InChI=1S/C12H19N3O2/c1-4-13-12(16)9(2)14-8-10-6-5-7-11(15-10)17-3/h5-7,9,14H,4,8H2,1-3H3,(H,13,16). The Labute approximate surface area is 102 Å². The van der Waals surface area contributed by atoms with Crippen LogP contribution in [0.15, 0.2) is 18.2 Å². The van der Waals surface area contributed by atoms with E-state index in [9.17, 15) is 4.79 Å². The Kier molecular flexibility index (Phi) is 5.42. The molecule has 1 unspecified atom stereocenters. The molecule has 5 nitrogen and oxygen atoms in total. The number of carbonyl (C=O) groups is 1. The summed E-state index contributed by atoms with van der Waals surface area (Å²) >= 11 is 0. The SMILES string of the molecule is CCNC(=O)C(C)NCc1cccc(OC)n1. The van der Waals surface area contributed by atoms with E-state index >= 15 is 0 Å². The minimum absolute atomic E-state index is 0.00426. The van der Waals surface area contributed by atoms with E-state index < -0.39 is 0 Å². The zero-order valence-corrected chi connectivity index (χ0v) is 10.5. The molecule has 0 aromatic carbocycles. The van der Waals surface area contributed by atoms with Crippen molar-refractivity contribution in [3.63, 3.8) is 0 Å². The van der Waals surface area contributed by atoms with Crippen molar-refractivity contribution in [2.24, 2.45) is 0 Å². The van der Waals surface area contributed by atoms with Gasteiger partial charge in [-0.05, 0) is 19.9 Å². The molecule has 1 rings (SSSR count). The van der Waals surface area contributed by atoms with E-state index in [-0.39, 0.29) is 11.9 Å². The Morgan fingerprint density at radius 2 is 2.29 bits per heavy atom. The maximum Gasteiger partial charge on any atom is 0.236 e. The first-order chi connectivity index (χ1) is 8.17. The monoisotopic (exact) mass is 237 g/mol. The van der Waals surface area contributed by atoms with Crippen LogP contribution in [0, 0.1) is 0 Å². The van der Waals surface area contributed by atoms with Gasteiger partial charge in [0.25, 0.3) is 0 Å².